The minimum atomic E-state index is -0.570. The molecule has 2 aliphatic heterocycles. The van der Waals surface area contributed by atoms with Crippen molar-refractivity contribution >= 4 is 29.1 Å². The first kappa shape index (κ1) is 19.0. The van der Waals surface area contributed by atoms with Crippen molar-refractivity contribution in [2.24, 2.45) is 5.92 Å². The van der Waals surface area contributed by atoms with Crippen molar-refractivity contribution in [3.05, 3.63) is 65.2 Å². The zero-order valence-corrected chi connectivity index (χ0v) is 16.5. The molecule has 6 heteroatoms. The van der Waals surface area contributed by atoms with Gasteiger partial charge in [0.1, 0.15) is 5.92 Å². The lowest BCUT2D eigenvalue weighted by Gasteiger charge is -2.35. The van der Waals surface area contributed by atoms with Crippen LogP contribution in [0.15, 0.2) is 54.6 Å². The van der Waals surface area contributed by atoms with E-state index in [4.69, 9.17) is 11.6 Å². The number of piperazine rings is 1. The molecule has 0 spiro atoms. The van der Waals surface area contributed by atoms with Crippen LogP contribution in [0.25, 0.3) is 0 Å². The SMILES string of the molecule is O=C(C1CCN(c2cccc(Cl)c2)C1=O)N1CCN(Cc2ccccc2)CC1. The number of amides is 2. The third-order valence-electron chi connectivity index (χ3n) is 5.56. The molecule has 0 aliphatic carbocycles. The first-order valence-corrected chi connectivity index (χ1v) is 10.1. The van der Waals surface area contributed by atoms with Gasteiger partial charge >= 0.3 is 0 Å². The molecule has 4 rings (SSSR count). The van der Waals surface area contributed by atoms with E-state index in [2.05, 4.69) is 17.0 Å². The summed E-state index contributed by atoms with van der Waals surface area (Å²) in [5.41, 5.74) is 2.05. The van der Waals surface area contributed by atoms with Crippen LogP contribution >= 0.6 is 11.6 Å². The first-order valence-electron chi connectivity index (χ1n) is 9.74. The zero-order valence-electron chi connectivity index (χ0n) is 15.8. The van der Waals surface area contributed by atoms with Crippen LogP contribution in [0, 0.1) is 5.92 Å². The van der Waals surface area contributed by atoms with Gasteiger partial charge in [0.15, 0.2) is 0 Å². The summed E-state index contributed by atoms with van der Waals surface area (Å²) >= 11 is 6.05. The maximum Gasteiger partial charge on any atom is 0.239 e. The molecule has 2 fully saturated rings. The summed E-state index contributed by atoms with van der Waals surface area (Å²) in [7, 11) is 0. The molecule has 2 saturated heterocycles. The minimum Gasteiger partial charge on any atom is -0.339 e. The van der Waals surface area contributed by atoms with Crippen molar-refractivity contribution in [2.75, 3.05) is 37.6 Å². The fourth-order valence-electron chi connectivity index (χ4n) is 4.00. The van der Waals surface area contributed by atoms with Crippen molar-refractivity contribution in [3.63, 3.8) is 0 Å². The minimum absolute atomic E-state index is 0.0334. The molecular formula is C22H24ClN3O2. The topological polar surface area (TPSA) is 43.9 Å². The van der Waals surface area contributed by atoms with Crippen LogP contribution in [0.4, 0.5) is 5.69 Å². The van der Waals surface area contributed by atoms with Gasteiger partial charge in [-0.05, 0) is 30.2 Å². The Morgan fingerprint density at radius 1 is 0.964 bits per heavy atom. The molecule has 28 heavy (non-hydrogen) atoms. The summed E-state index contributed by atoms with van der Waals surface area (Å²) in [6, 6.07) is 17.6. The largest absolute Gasteiger partial charge is 0.339 e. The van der Waals surface area contributed by atoms with E-state index in [1.165, 1.54) is 5.56 Å². The molecule has 1 unspecified atom stereocenters. The average Bonchev–Trinajstić information content (AvgIpc) is 3.10. The van der Waals surface area contributed by atoms with E-state index in [1.807, 2.05) is 35.2 Å². The molecule has 0 aromatic heterocycles. The van der Waals surface area contributed by atoms with Crippen molar-refractivity contribution < 1.29 is 9.59 Å². The van der Waals surface area contributed by atoms with Crippen LogP contribution in [0.1, 0.15) is 12.0 Å². The Bertz CT molecular complexity index is 850. The molecule has 2 aromatic rings. The molecule has 0 N–H and O–H groups in total. The Morgan fingerprint density at radius 3 is 2.43 bits per heavy atom. The normalized spacial score (nSPS) is 20.6. The highest BCUT2D eigenvalue weighted by molar-refractivity contribution is 6.31. The lowest BCUT2D eigenvalue weighted by molar-refractivity contribution is -0.141. The van der Waals surface area contributed by atoms with Crippen molar-refractivity contribution in [1.82, 2.24) is 9.80 Å². The maximum absolute atomic E-state index is 13.0. The molecule has 0 saturated carbocycles. The van der Waals surface area contributed by atoms with Gasteiger partial charge in [0.2, 0.25) is 11.8 Å². The quantitative estimate of drug-likeness (QED) is 0.745. The number of carbonyl (C=O) groups is 2. The highest BCUT2D eigenvalue weighted by atomic mass is 35.5. The predicted molar refractivity (Wildman–Crippen MR) is 110 cm³/mol. The van der Waals surface area contributed by atoms with Crippen LogP contribution in [-0.4, -0.2) is 54.3 Å². The van der Waals surface area contributed by atoms with Gasteiger partial charge in [-0.25, -0.2) is 0 Å². The Hall–Kier alpha value is -2.37. The molecule has 146 valence electrons. The number of hydrogen-bond acceptors (Lipinski definition) is 3. The second-order valence-corrected chi connectivity index (χ2v) is 7.83. The van der Waals surface area contributed by atoms with Crippen molar-refractivity contribution in [1.29, 1.82) is 0 Å². The van der Waals surface area contributed by atoms with E-state index in [0.29, 0.717) is 31.1 Å². The highest BCUT2D eigenvalue weighted by Crippen LogP contribution is 2.28. The standard InChI is InChI=1S/C22H24ClN3O2/c23-18-7-4-8-19(15-18)26-10-9-20(22(26)28)21(27)25-13-11-24(12-14-25)16-17-5-2-1-3-6-17/h1-8,15,20H,9-14,16H2. The highest BCUT2D eigenvalue weighted by Gasteiger charge is 2.40. The van der Waals surface area contributed by atoms with Crippen molar-refractivity contribution in [3.8, 4) is 0 Å². The van der Waals surface area contributed by atoms with Crippen LogP contribution in [0.2, 0.25) is 5.02 Å². The molecule has 2 amide bonds. The Morgan fingerprint density at radius 2 is 1.71 bits per heavy atom. The van der Waals surface area contributed by atoms with Gasteiger partial charge in [0, 0.05) is 50.0 Å². The molecule has 2 heterocycles. The second kappa shape index (κ2) is 8.33. The Labute approximate surface area is 170 Å². The third-order valence-corrected chi connectivity index (χ3v) is 5.79. The van der Waals surface area contributed by atoms with Crippen LogP contribution in [-0.2, 0) is 16.1 Å². The van der Waals surface area contributed by atoms with Gasteiger partial charge < -0.3 is 9.80 Å². The number of nitrogens with zero attached hydrogens (tertiary/aromatic N) is 3. The second-order valence-electron chi connectivity index (χ2n) is 7.40. The molecule has 5 nitrogen and oxygen atoms in total. The number of carbonyl (C=O) groups excluding carboxylic acids is 2. The fourth-order valence-corrected chi connectivity index (χ4v) is 4.18. The lowest BCUT2D eigenvalue weighted by atomic mass is 10.1. The Balaban J connectivity index is 1.33. The van der Waals surface area contributed by atoms with Crippen LogP contribution in [0.5, 0.6) is 0 Å². The average molecular weight is 398 g/mol. The lowest BCUT2D eigenvalue weighted by Crippen LogP contribution is -2.51. The summed E-state index contributed by atoms with van der Waals surface area (Å²) in [4.78, 5) is 31.7. The smallest absolute Gasteiger partial charge is 0.239 e. The van der Waals surface area contributed by atoms with Gasteiger partial charge in [-0.1, -0.05) is 48.0 Å². The van der Waals surface area contributed by atoms with E-state index in [9.17, 15) is 9.59 Å². The third kappa shape index (κ3) is 4.05. The number of benzene rings is 2. The van der Waals surface area contributed by atoms with Crippen LogP contribution in [0.3, 0.4) is 0 Å². The molecule has 0 radical (unpaired) electrons. The molecule has 1 atom stereocenters. The van der Waals surface area contributed by atoms with Crippen molar-refractivity contribution in [2.45, 2.75) is 13.0 Å². The van der Waals surface area contributed by atoms with Gasteiger partial charge in [-0.15, -0.1) is 0 Å². The summed E-state index contributed by atoms with van der Waals surface area (Å²) in [5.74, 6) is -0.715. The molecule has 2 aromatic carbocycles. The predicted octanol–water partition coefficient (Wildman–Crippen LogP) is 3.04. The van der Waals surface area contributed by atoms with E-state index >= 15 is 0 Å². The number of anilines is 1. The van der Waals surface area contributed by atoms with Gasteiger partial charge in [-0.3, -0.25) is 14.5 Å². The molecule has 0 bridgehead atoms. The fraction of sp³-hybridized carbons (Fsp3) is 0.364. The van der Waals surface area contributed by atoms with Gasteiger partial charge in [0.05, 0.1) is 0 Å². The summed E-state index contributed by atoms with van der Waals surface area (Å²) in [6.45, 7) is 4.47. The summed E-state index contributed by atoms with van der Waals surface area (Å²) in [6.07, 6.45) is 0.564. The number of rotatable bonds is 4. The summed E-state index contributed by atoms with van der Waals surface area (Å²) < 4.78 is 0. The Kier molecular flexibility index (Phi) is 5.64. The number of hydrogen-bond donors (Lipinski definition) is 0. The van der Waals surface area contributed by atoms with Crippen LogP contribution < -0.4 is 4.90 Å². The van der Waals surface area contributed by atoms with Gasteiger partial charge in [-0.2, -0.15) is 0 Å². The van der Waals surface area contributed by atoms with E-state index in [0.717, 1.165) is 25.3 Å². The maximum atomic E-state index is 13.0. The van der Waals surface area contributed by atoms with E-state index < -0.39 is 5.92 Å². The molecular weight excluding hydrogens is 374 g/mol. The van der Waals surface area contributed by atoms with E-state index in [-0.39, 0.29) is 11.8 Å². The first-order chi connectivity index (χ1) is 13.6. The number of halogens is 1. The molecule has 2 aliphatic rings. The van der Waals surface area contributed by atoms with E-state index in [1.54, 1.807) is 17.0 Å². The summed E-state index contributed by atoms with van der Waals surface area (Å²) in [5, 5.41) is 0.592. The zero-order chi connectivity index (χ0) is 19.5. The van der Waals surface area contributed by atoms with Gasteiger partial charge in [0.25, 0.3) is 0 Å². The monoisotopic (exact) mass is 397 g/mol.